The molecule has 2 amide bonds. The zero-order chi connectivity index (χ0) is 18.3. The van der Waals surface area contributed by atoms with Crippen molar-refractivity contribution in [2.45, 2.75) is 39.8 Å². The maximum atomic E-state index is 12.6. The van der Waals surface area contributed by atoms with E-state index < -0.39 is 5.91 Å². The fraction of sp³-hybridized carbons (Fsp3) is 0.471. The van der Waals surface area contributed by atoms with Crippen LogP contribution in [0.5, 0.6) is 0 Å². The summed E-state index contributed by atoms with van der Waals surface area (Å²) >= 11 is 1.44. The second kappa shape index (κ2) is 6.61. The summed E-state index contributed by atoms with van der Waals surface area (Å²) in [5, 5.41) is 7.50. The number of primary amides is 1. The molecular weight excluding hydrogens is 338 g/mol. The zero-order valence-corrected chi connectivity index (χ0v) is 15.7. The quantitative estimate of drug-likeness (QED) is 0.870. The first-order chi connectivity index (χ1) is 11.8. The summed E-state index contributed by atoms with van der Waals surface area (Å²) in [5.41, 5.74) is 8.31. The number of aromatic nitrogens is 2. The molecule has 134 valence electrons. The minimum atomic E-state index is -0.493. The first-order valence-corrected chi connectivity index (χ1v) is 9.09. The number of nitrogens with one attached hydrogen (secondary N) is 1. The minimum Gasteiger partial charge on any atom is -0.365 e. The molecule has 3 rings (SSSR count). The van der Waals surface area contributed by atoms with Crippen molar-refractivity contribution in [1.29, 1.82) is 0 Å². The normalized spacial score (nSPS) is 14.6. The molecule has 0 saturated carbocycles. The van der Waals surface area contributed by atoms with Crippen molar-refractivity contribution in [2.75, 3.05) is 11.9 Å². The van der Waals surface area contributed by atoms with E-state index in [9.17, 15) is 9.59 Å². The lowest BCUT2D eigenvalue weighted by Crippen LogP contribution is -2.35. The third kappa shape index (κ3) is 3.19. The fourth-order valence-corrected chi connectivity index (χ4v) is 4.52. The molecule has 0 bridgehead atoms. The van der Waals surface area contributed by atoms with Gasteiger partial charge in [-0.2, -0.15) is 5.10 Å². The summed E-state index contributed by atoms with van der Waals surface area (Å²) in [7, 11) is 1.72. The Morgan fingerprint density at radius 1 is 1.40 bits per heavy atom. The number of thiophene rings is 1. The zero-order valence-electron chi connectivity index (χ0n) is 14.9. The van der Waals surface area contributed by atoms with Crippen LogP contribution in [0.15, 0.2) is 6.20 Å². The van der Waals surface area contributed by atoms with Crippen LogP contribution in [0.3, 0.4) is 0 Å². The van der Waals surface area contributed by atoms with Crippen LogP contribution in [0.1, 0.15) is 50.7 Å². The fourth-order valence-electron chi connectivity index (χ4n) is 3.25. The number of nitrogens with two attached hydrogens (primary N) is 1. The van der Waals surface area contributed by atoms with Gasteiger partial charge in [0.15, 0.2) is 0 Å². The third-order valence-corrected chi connectivity index (χ3v) is 5.76. The van der Waals surface area contributed by atoms with Gasteiger partial charge in [0.05, 0.1) is 11.8 Å². The molecule has 0 saturated heterocycles. The Labute approximate surface area is 150 Å². The lowest BCUT2D eigenvalue weighted by molar-refractivity contribution is 0.0999. The van der Waals surface area contributed by atoms with Crippen LogP contribution in [0.25, 0.3) is 0 Å². The summed E-state index contributed by atoms with van der Waals surface area (Å²) in [5.74, 6) is -0.771. The molecule has 0 aliphatic carbocycles. The van der Waals surface area contributed by atoms with Gasteiger partial charge < -0.3 is 11.1 Å². The number of hydrogen-bond acceptors (Lipinski definition) is 5. The number of anilines is 1. The molecule has 1 aliphatic rings. The van der Waals surface area contributed by atoms with Crippen molar-refractivity contribution in [2.24, 2.45) is 12.8 Å². The molecule has 2 aromatic heterocycles. The molecule has 2 aromatic rings. The predicted octanol–water partition coefficient (Wildman–Crippen LogP) is 1.91. The second-order valence-corrected chi connectivity index (χ2v) is 7.75. The highest BCUT2D eigenvalue weighted by Crippen LogP contribution is 2.37. The van der Waals surface area contributed by atoms with Gasteiger partial charge in [-0.05, 0) is 38.3 Å². The Balaban J connectivity index is 1.94. The molecule has 8 heteroatoms. The Hall–Kier alpha value is -2.19. The number of fused-ring (bicyclic) bond motifs is 1. The van der Waals surface area contributed by atoms with E-state index in [2.05, 4.69) is 29.2 Å². The van der Waals surface area contributed by atoms with E-state index in [0.29, 0.717) is 22.3 Å². The van der Waals surface area contributed by atoms with Crippen molar-refractivity contribution < 1.29 is 9.59 Å². The first kappa shape index (κ1) is 17.6. The summed E-state index contributed by atoms with van der Waals surface area (Å²) in [6.07, 6.45) is 2.41. The third-order valence-electron chi connectivity index (χ3n) is 4.63. The Morgan fingerprint density at radius 2 is 2.12 bits per heavy atom. The highest BCUT2D eigenvalue weighted by atomic mass is 32.1. The standard InChI is InChI=1S/C17H23N5O2S/c1-9(2)22-6-5-11-12(8-22)25-17(13(11)15(18)23)20-16(24)14-10(3)7-19-21(14)4/h7,9H,5-6,8H2,1-4H3,(H2,18,23)(H,20,24). The molecule has 7 nitrogen and oxygen atoms in total. The topological polar surface area (TPSA) is 93.2 Å². The molecule has 0 unspecified atom stereocenters. The van der Waals surface area contributed by atoms with Gasteiger partial charge in [0, 0.05) is 31.1 Å². The lowest BCUT2D eigenvalue weighted by Gasteiger charge is -2.30. The van der Waals surface area contributed by atoms with Gasteiger partial charge >= 0.3 is 0 Å². The van der Waals surface area contributed by atoms with Crippen LogP contribution in [-0.2, 0) is 20.0 Å². The van der Waals surface area contributed by atoms with Crippen molar-refractivity contribution in [3.63, 3.8) is 0 Å². The second-order valence-electron chi connectivity index (χ2n) is 6.64. The van der Waals surface area contributed by atoms with Crippen LogP contribution >= 0.6 is 11.3 Å². The van der Waals surface area contributed by atoms with Gasteiger partial charge in [-0.15, -0.1) is 11.3 Å². The largest absolute Gasteiger partial charge is 0.365 e. The molecule has 3 N–H and O–H groups in total. The van der Waals surface area contributed by atoms with Crippen molar-refractivity contribution in [3.8, 4) is 0 Å². The average molecular weight is 361 g/mol. The van der Waals surface area contributed by atoms with Crippen LogP contribution in [0, 0.1) is 6.92 Å². The lowest BCUT2D eigenvalue weighted by atomic mass is 10.0. The van der Waals surface area contributed by atoms with Crippen LogP contribution < -0.4 is 11.1 Å². The molecule has 3 heterocycles. The summed E-state index contributed by atoms with van der Waals surface area (Å²) in [6, 6.07) is 0.433. The number of hydrogen-bond donors (Lipinski definition) is 2. The van der Waals surface area contributed by atoms with Gasteiger partial charge in [0.25, 0.3) is 11.8 Å². The van der Waals surface area contributed by atoms with Gasteiger partial charge in [-0.25, -0.2) is 0 Å². The number of carbonyl (C=O) groups is 2. The molecule has 0 atom stereocenters. The van der Waals surface area contributed by atoms with Gasteiger partial charge in [0.1, 0.15) is 10.7 Å². The van der Waals surface area contributed by atoms with Crippen molar-refractivity contribution in [3.05, 3.63) is 33.5 Å². The van der Waals surface area contributed by atoms with Gasteiger partial charge in [0.2, 0.25) is 0 Å². The van der Waals surface area contributed by atoms with E-state index in [4.69, 9.17) is 5.73 Å². The number of carbonyl (C=O) groups excluding carboxylic acids is 2. The molecule has 0 spiro atoms. The molecular formula is C17H23N5O2S. The van der Waals surface area contributed by atoms with E-state index in [1.807, 2.05) is 6.92 Å². The predicted molar refractivity (Wildman–Crippen MR) is 98.0 cm³/mol. The number of nitrogens with zero attached hydrogens (tertiary/aromatic N) is 3. The maximum absolute atomic E-state index is 12.6. The SMILES string of the molecule is Cc1cnn(C)c1C(=O)Nc1sc2c(c1C(N)=O)CCN(C(C)C)C2. The highest BCUT2D eigenvalue weighted by molar-refractivity contribution is 7.17. The first-order valence-electron chi connectivity index (χ1n) is 8.28. The molecule has 25 heavy (non-hydrogen) atoms. The maximum Gasteiger partial charge on any atom is 0.274 e. The Bertz CT molecular complexity index is 817. The number of amides is 2. The monoisotopic (exact) mass is 361 g/mol. The van der Waals surface area contributed by atoms with Crippen LogP contribution in [0.2, 0.25) is 0 Å². The van der Waals surface area contributed by atoms with Crippen LogP contribution in [-0.4, -0.2) is 39.1 Å². The number of rotatable bonds is 4. The highest BCUT2D eigenvalue weighted by Gasteiger charge is 2.29. The Kier molecular flexibility index (Phi) is 4.66. The van der Waals surface area contributed by atoms with E-state index in [1.54, 1.807) is 13.2 Å². The Morgan fingerprint density at radius 3 is 2.68 bits per heavy atom. The molecule has 1 aliphatic heterocycles. The smallest absolute Gasteiger partial charge is 0.274 e. The van der Waals surface area contributed by atoms with E-state index in [-0.39, 0.29) is 5.91 Å². The van der Waals surface area contributed by atoms with Crippen molar-refractivity contribution in [1.82, 2.24) is 14.7 Å². The summed E-state index contributed by atoms with van der Waals surface area (Å²) in [4.78, 5) is 28.1. The van der Waals surface area contributed by atoms with Crippen molar-refractivity contribution >= 4 is 28.2 Å². The van der Waals surface area contributed by atoms with Gasteiger partial charge in [-0.3, -0.25) is 19.2 Å². The van der Waals surface area contributed by atoms with E-state index in [0.717, 1.165) is 35.5 Å². The molecule has 0 radical (unpaired) electrons. The van der Waals surface area contributed by atoms with E-state index in [1.165, 1.54) is 16.0 Å². The summed E-state index contributed by atoms with van der Waals surface area (Å²) in [6.45, 7) is 7.80. The molecule has 0 fully saturated rings. The van der Waals surface area contributed by atoms with Crippen LogP contribution in [0.4, 0.5) is 5.00 Å². The minimum absolute atomic E-state index is 0.278. The van der Waals surface area contributed by atoms with Gasteiger partial charge in [-0.1, -0.05) is 0 Å². The number of aryl methyl sites for hydroxylation is 2. The summed E-state index contributed by atoms with van der Waals surface area (Å²) < 4.78 is 1.53. The van der Waals surface area contributed by atoms with E-state index >= 15 is 0 Å². The average Bonchev–Trinajstić information content (AvgIpc) is 3.05. The molecule has 0 aromatic carbocycles.